The average Bonchev–Trinajstić information content (AvgIpc) is 2.80. The lowest BCUT2D eigenvalue weighted by molar-refractivity contribution is 0.147. The highest BCUT2D eigenvalue weighted by atomic mass is 35.5. The first-order valence-corrected chi connectivity index (χ1v) is 8.42. The molecule has 2 fully saturated rings. The van der Waals surface area contributed by atoms with Gasteiger partial charge in [-0.3, -0.25) is 4.90 Å². The Bertz CT molecular complexity index is 465. The number of halogens is 2. The summed E-state index contributed by atoms with van der Waals surface area (Å²) in [6.07, 6.45) is 5.17. The third kappa shape index (κ3) is 3.65. The van der Waals surface area contributed by atoms with Gasteiger partial charge in [0.05, 0.1) is 10.0 Å². The summed E-state index contributed by atoms with van der Waals surface area (Å²) in [4.78, 5) is 2.41. The summed E-state index contributed by atoms with van der Waals surface area (Å²) in [7, 11) is 2.19. The van der Waals surface area contributed by atoms with Crippen LogP contribution < -0.4 is 10.1 Å². The van der Waals surface area contributed by atoms with Crippen LogP contribution >= 0.6 is 23.2 Å². The van der Waals surface area contributed by atoms with Gasteiger partial charge in [0.15, 0.2) is 5.75 Å². The van der Waals surface area contributed by atoms with Crippen molar-refractivity contribution in [3.05, 3.63) is 28.2 Å². The molecule has 0 aliphatic carbocycles. The van der Waals surface area contributed by atoms with Crippen molar-refractivity contribution in [3.8, 4) is 5.75 Å². The Labute approximate surface area is 136 Å². The van der Waals surface area contributed by atoms with Gasteiger partial charge in [-0.05, 0) is 44.9 Å². The number of nitrogens with zero attached hydrogens (tertiary/aromatic N) is 1. The van der Waals surface area contributed by atoms with E-state index in [-0.39, 0.29) is 0 Å². The van der Waals surface area contributed by atoms with E-state index in [4.69, 9.17) is 27.9 Å². The Morgan fingerprint density at radius 3 is 2.43 bits per heavy atom. The molecule has 2 aliphatic heterocycles. The van der Waals surface area contributed by atoms with Crippen LogP contribution in [0.3, 0.4) is 0 Å². The van der Waals surface area contributed by atoms with Gasteiger partial charge < -0.3 is 10.1 Å². The lowest BCUT2D eigenvalue weighted by atomic mass is 9.99. The highest BCUT2D eigenvalue weighted by Crippen LogP contribution is 2.32. The van der Waals surface area contributed by atoms with E-state index in [2.05, 4.69) is 17.3 Å². The molecule has 0 saturated carbocycles. The number of ether oxygens (including phenoxy) is 1. The van der Waals surface area contributed by atoms with Gasteiger partial charge in [-0.2, -0.15) is 0 Å². The van der Waals surface area contributed by atoms with Crippen LogP contribution in [0.1, 0.15) is 25.7 Å². The molecule has 1 aromatic carbocycles. The molecule has 2 bridgehead atoms. The van der Waals surface area contributed by atoms with Crippen molar-refractivity contribution in [1.82, 2.24) is 10.2 Å². The summed E-state index contributed by atoms with van der Waals surface area (Å²) < 4.78 is 5.78. The largest absolute Gasteiger partial charge is 0.489 e. The Hall–Kier alpha value is -0.480. The van der Waals surface area contributed by atoms with Gasteiger partial charge in [0, 0.05) is 24.7 Å². The maximum atomic E-state index is 6.11. The van der Waals surface area contributed by atoms with Crippen LogP contribution in [0.15, 0.2) is 18.2 Å². The molecule has 5 heteroatoms. The molecule has 2 unspecified atom stereocenters. The molecule has 0 radical (unpaired) electrons. The lowest BCUT2D eigenvalue weighted by Gasteiger charge is -2.35. The van der Waals surface area contributed by atoms with Crippen molar-refractivity contribution in [2.45, 2.75) is 43.8 Å². The van der Waals surface area contributed by atoms with E-state index in [1.54, 1.807) is 12.1 Å². The van der Waals surface area contributed by atoms with E-state index in [9.17, 15) is 0 Å². The third-order valence-electron chi connectivity index (χ3n) is 4.68. The number of nitrogens with one attached hydrogen (secondary N) is 1. The molecule has 2 atom stereocenters. The predicted molar refractivity (Wildman–Crippen MR) is 87.6 cm³/mol. The van der Waals surface area contributed by atoms with Crippen LogP contribution in [-0.4, -0.2) is 43.2 Å². The van der Waals surface area contributed by atoms with Crippen LogP contribution in [0.2, 0.25) is 10.0 Å². The molecule has 0 spiro atoms. The van der Waals surface area contributed by atoms with Gasteiger partial charge in [0.25, 0.3) is 0 Å². The minimum atomic E-state index is 0.574. The van der Waals surface area contributed by atoms with Crippen LogP contribution in [0.4, 0.5) is 0 Å². The zero-order valence-electron chi connectivity index (χ0n) is 12.3. The zero-order valence-corrected chi connectivity index (χ0v) is 13.8. The quantitative estimate of drug-likeness (QED) is 0.893. The fourth-order valence-corrected chi connectivity index (χ4v) is 3.99. The summed E-state index contributed by atoms with van der Waals surface area (Å²) in [5.41, 5.74) is 0. The molecule has 21 heavy (non-hydrogen) atoms. The molecular weight excluding hydrogens is 307 g/mol. The first kappa shape index (κ1) is 15.4. The number of benzene rings is 1. The standard InChI is InChI=1S/C16H22Cl2N2O/c1-20(13-9-11-5-6-12(10-13)19-11)7-8-21-16-14(17)3-2-4-15(16)18/h2-4,11-13,19H,5-10H2,1H3. The third-order valence-corrected chi connectivity index (χ3v) is 5.28. The van der Waals surface area contributed by atoms with Crippen molar-refractivity contribution in [2.75, 3.05) is 20.2 Å². The molecule has 116 valence electrons. The SMILES string of the molecule is CN(CCOc1c(Cl)cccc1Cl)C1CC2CCC(C1)N2. The maximum absolute atomic E-state index is 6.11. The number of fused-ring (bicyclic) bond motifs is 2. The normalized spacial score (nSPS) is 28.1. The van der Waals surface area contributed by atoms with Gasteiger partial charge in [0.2, 0.25) is 0 Å². The molecular formula is C16H22Cl2N2O. The second-order valence-corrected chi connectivity index (χ2v) is 6.96. The van der Waals surface area contributed by atoms with E-state index in [1.165, 1.54) is 25.7 Å². The molecule has 0 aromatic heterocycles. The highest BCUT2D eigenvalue weighted by Gasteiger charge is 2.34. The fourth-order valence-electron chi connectivity index (χ4n) is 3.48. The van der Waals surface area contributed by atoms with Crippen LogP contribution in [0.5, 0.6) is 5.75 Å². The predicted octanol–water partition coefficient (Wildman–Crippen LogP) is 3.59. The average molecular weight is 329 g/mol. The fraction of sp³-hybridized carbons (Fsp3) is 0.625. The van der Waals surface area contributed by atoms with E-state index in [1.807, 2.05) is 6.07 Å². The van der Waals surface area contributed by atoms with E-state index in [0.717, 1.165) is 18.6 Å². The number of hydrogen-bond donors (Lipinski definition) is 1. The second kappa shape index (κ2) is 6.74. The number of piperidine rings is 1. The van der Waals surface area contributed by atoms with Gasteiger partial charge in [-0.25, -0.2) is 0 Å². The summed E-state index contributed by atoms with van der Waals surface area (Å²) >= 11 is 12.2. The number of likely N-dealkylation sites (N-methyl/N-ethyl adjacent to an activating group) is 1. The topological polar surface area (TPSA) is 24.5 Å². The van der Waals surface area contributed by atoms with Gasteiger partial charge >= 0.3 is 0 Å². The van der Waals surface area contributed by atoms with Gasteiger partial charge in [-0.15, -0.1) is 0 Å². The number of para-hydroxylation sites is 1. The maximum Gasteiger partial charge on any atom is 0.156 e. The van der Waals surface area contributed by atoms with Gasteiger partial charge in [0.1, 0.15) is 6.61 Å². The van der Waals surface area contributed by atoms with Gasteiger partial charge in [-0.1, -0.05) is 29.3 Å². The molecule has 0 amide bonds. The Morgan fingerprint density at radius 1 is 1.19 bits per heavy atom. The van der Waals surface area contributed by atoms with Crippen LogP contribution in [0, 0.1) is 0 Å². The van der Waals surface area contributed by atoms with Crippen molar-refractivity contribution < 1.29 is 4.74 Å². The zero-order chi connectivity index (χ0) is 14.8. The second-order valence-electron chi connectivity index (χ2n) is 6.14. The van der Waals surface area contributed by atoms with E-state index >= 15 is 0 Å². The van der Waals surface area contributed by atoms with Crippen molar-refractivity contribution >= 4 is 23.2 Å². The smallest absolute Gasteiger partial charge is 0.156 e. The van der Waals surface area contributed by atoms with Crippen molar-refractivity contribution in [3.63, 3.8) is 0 Å². The van der Waals surface area contributed by atoms with E-state index < -0.39 is 0 Å². The monoisotopic (exact) mass is 328 g/mol. The van der Waals surface area contributed by atoms with Crippen LogP contribution in [-0.2, 0) is 0 Å². The minimum Gasteiger partial charge on any atom is -0.489 e. The first-order valence-electron chi connectivity index (χ1n) is 7.66. The highest BCUT2D eigenvalue weighted by molar-refractivity contribution is 6.37. The molecule has 1 N–H and O–H groups in total. The molecule has 3 rings (SSSR count). The summed E-state index contributed by atoms with van der Waals surface area (Å²) in [6.45, 7) is 1.50. The molecule has 2 saturated heterocycles. The number of rotatable bonds is 5. The number of hydrogen-bond acceptors (Lipinski definition) is 3. The summed E-state index contributed by atoms with van der Waals surface area (Å²) in [6, 6.07) is 7.53. The van der Waals surface area contributed by atoms with Crippen molar-refractivity contribution in [2.24, 2.45) is 0 Å². The van der Waals surface area contributed by atoms with E-state index in [0.29, 0.717) is 28.4 Å². The Morgan fingerprint density at radius 2 is 1.81 bits per heavy atom. The summed E-state index contributed by atoms with van der Waals surface area (Å²) in [5.74, 6) is 0.597. The Kier molecular flexibility index (Phi) is 4.95. The minimum absolute atomic E-state index is 0.574. The first-order chi connectivity index (χ1) is 10.1. The van der Waals surface area contributed by atoms with Crippen molar-refractivity contribution in [1.29, 1.82) is 0 Å². The van der Waals surface area contributed by atoms with Crippen LogP contribution in [0.25, 0.3) is 0 Å². The molecule has 2 aliphatic rings. The molecule has 2 heterocycles. The lowest BCUT2D eigenvalue weighted by Crippen LogP contribution is -2.47. The molecule has 1 aromatic rings. The summed E-state index contributed by atoms with van der Waals surface area (Å²) in [5, 5.41) is 4.83. The molecule has 3 nitrogen and oxygen atoms in total. The Balaban J connectivity index is 1.49.